The third-order valence-corrected chi connectivity index (χ3v) is 1.25. The first-order valence-electron chi connectivity index (χ1n) is 2.58. The van der Waals surface area contributed by atoms with Crippen LogP contribution in [-0.4, -0.2) is 12.5 Å². The van der Waals surface area contributed by atoms with Crippen LogP contribution in [0, 0.1) is 18.3 Å². The second-order valence-corrected chi connectivity index (χ2v) is 1.80. The Labute approximate surface area is 48.3 Å². The Balaban J connectivity index is 2.58. The largest absolute Gasteiger partial charge is 0.355 e. The molecule has 2 heteroatoms. The van der Waals surface area contributed by atoms with Crippen molar-refractivity contribution in [3.63, 3.8) is 0 Å². The molecule has 0 saturated carbocycles. The molecule has 1 N–H and O–H groups in total. The minimum Gasteiger partial charge on any atom is -0.355 e. The summed E-state index contributed by atoms with van der Waals surface area (Å²) >= 11 is 0. The molecule has 1 fully saturated rings. The third-order valence-electron chi connectivity index (χ3n) is 1.25. The van der Waals surface area contributed by atoms with Gasteiger partial charge in [0.05, 0.1) is 0 Å². The van der Waals surface area contributed by atoms with Crippen molar-refractivity contribution in [3.8, 4) is 12.3 Å². The lowest BCUT2D eigenvalue weighted by atomic mass is 10.1. The first kappa shape index (κ1) is 5.17. The van der Waals surface area contributed by atoms with E-state index in [9.17, 15) is 4.79 Å². The normalized spacial score (nSPS) is 26.9. The molecular weight excluding hydrogens is 102 g/mol. The average molecular weight is 109 g/mol. The monoisotopic (exact) mass is 109 g/mol. The van der Waals surface area contributed by atoms with Crippen molar-refractivity contribution in [1.82, 2.24) is 5.32 Å². The van der Waals surface area contributed by atoms with Gasteiger partial charge in [-0.2, -0.15) is 0 Å². The summed E-state index contributed by atoms with van der Waals surface area (Å²) in [5.41, 5.74) is 0. The Morgan fingerprint density at radius 3 is 2.88 bits per heavy atom. The van der Waals surface area contributed by atoms with E-state index in [0.29, 0.717) is 0 Å². The van der Waals surface area contributed by atoms with Gasteiger partial charge in [-0.1, -0.05) is 5.92 Å². The van der Waals surface area contributed by atoms with Gasteiger partial charge in [-0.3, -0.25) is 4.79 Å². The minimum absolute atomic E-state index is 0.00694. The molecule has 1 amide bonds. The Kier molecular flexibility index (Phi) is 1.21. The van der Waals surface area contributed by atoms with Crippen LogP contribution in [0.25, 0.3) is 0 Å². The Morgan fingerprint density at radius 2 is 2.62 bits per heavy atom. The standard InChI is InChI=1S/C6H7NO/c1-2-5-3-4-7-6(5)8/h1,5H,3-4H2,(H,7,8). The molecule has 0 aliphatic carbocycles. The first-order valence-corrected chi connectivity index (χ1v) is 2.58. The van der Waals surface area contributed by atoms with Crippen LogP contribution in [0.5, 0.6) is 0 Å². The molecule has 1 aliphatic heterocycles. The highest BCUT2D eigenvalue weighted by Gasteiger charge is 2.20. The van der Waals surface area contributed by atoms with Crippen LogP contribution >= 0.6 is 0 Å². The predicted octanol–water partition coefficient (Wildman–Crippen LogP) is -0.244. The molecule has 1 aliphatic rings. The highest BCUT2D eigenvalue weighted by Crippen LogP contribution is 2.05. The molecular formula is C6H7NO. The SMILES string of the molecule is C#CC1CCNC1=O. The Bertz CT molecular complexity index is 145. The fourth-order valence-corrected chi connectivity index (χ4v) is 0.753. The lowest BCUT2D eigenvalue weighted by Gasteiger charge is -1.90. The summed E-state index contributed by atoms with van der Waals surface area (Å²) in [7, 11) is 0. The van der Waals surface area contributed by atoms with Gasteiger partial charge in [0.25, 0.3) is 0 Å². The van der Waals surface area contributed by atoms with Gasteiger partial charge < -0.3 is 5.32 Å². The fourth-order valence-electron chi connectivity index (χ4n) is 0.753. The summed E-state index contributed by atoms with van der Waals surface area (Å²) in [6, 6.07) is 0. The van der Waals surface area contributed by atoms with Crippen LogP contribution in [0.4, 0.5) is 0 Å². The summed E-state index contributed by atoms with van der Waals surface area (Å²) < 4.78 is 0. The van der Waals surface area contributed by atoms with Crippen molar-refractivity contribution in [2.45, 2.75) is 6.42 Å². The highest BCUT2D eigenvalue weighted by molar-refractivity contribution is 5.83. The molecule has 0 radical (unpaired) electrons. The van der Waals surface area contributed by atoms with E-state index >= 15 is 0 Å². The molecule has 0 spiro atoms. The zero-order chi connectivity index (χ0) is 5.98. The van der Waals surface area contributed by atoms with Crippen LogP contribution in [0.2, 0.25) is 0 Å². The molecule has 1 atom stereocenters. The predicted molar refractivity (Wildman–Crippen MR) is 29.9 cm³/mol. The average Bonchev–Trinajstić information content (AvgIpc) is 2.14. The smallest absolute Gasteiger partial charge is 0.235 e. The fraction of sp³-hybridized carbons (Fsp3) is 0.500. The summed E-state index contributed by atoms with van der Waals surface area (Å²) in [5.74, 6) is 2.25. The zero-order valence-corrected chi connectivity index (χ0v) is 4.48. The zero-order valence-electron chi connectivity index (χ0n) is 4.48. The van der Waals surface area contributed by atoms with Gasteiger partial charge in [-0.15, -0.1) is 6.42 Å². The maximum Gasteiger partial charge on any atom is 0.235 e. The summed E-state index contributed by atoms with van der Waals surface area (Å²) in [5, 5.41) is 2.64. The lowest BCUT2D eigenvalue weighted by Crippen LogP contribution is -2.17. The van der Waals surface area contributed by atoms with Gasteiger partial charge in [0, 0.05) is 6.54 Å². The maximum atomic E-state index is 10.6. The number of hydrogen-bond donors (Lipinski definition) is 1. The van der Waals surface area contributed by atoms with Crippen molar-refractivity contribution < 1.29 is 4.79 Å². The van der Waals surface area contributed by atoms with E-state index in [1.54, 1.807) is 0 Å². The van der Waals surface area contributed by atoms with Gasteiger partial charge >= 0.3 is 0 Å². The van der Waals surface area contributed by atoms with E-state index < -0.39 is 0 Å². The van der Waals surface area contributed by atoms with Gasteiger partial charge in [-0.25, -0.2) is 0 Å². The molecule has 0 aromatic carbocycles. The minimum atomic E-state index is -0.157. The van der Waals surface area contributed by atoms with E-state index in [-0.39, 0.29) is 11.8 Å². The van der Waals surface area contributed by atoms with Crippen molar-refractivity contribution >= 4 is 5.91 Å². The number of hydrogen-bond acceptors (Lipinski definition) is 1. The topological polar surface area (TPSA) is 29.1 Å². The quantitative estimate of drug-likeness (QED) is 0.427. The van der Waals surface area contributed by atoms with Crippen molar-refractivity contribution in [1.29, 1.82) is 0 Å². The van der Waals surface area contributed by atoms with Crippen LogP contribution in [0.1, 0.15) is 6.42 Å². The summed E-state index contributed by atoms with van der Waals surface area (Å²) in [6.07, 6.45) is 5.81. The molecule has 0 aromatic rings. The van der Waals surface area contributed by atoms with E-state index in [4.69, 9.17) is 6.42 Å². The molecule has 1 rings (SSSR count). The molecule has 1 saturated heterocycles. The summed E-state index contributed by atoms with van der Waals surface area (Å²) in [4.78, 5) is 10.6. The lowest BCUT2D eigenvalue weighted by molar-refractivity contribution is -0.120. The van der Waals surface area contributed by atoms with Gasteiger partial charge in [-0.05, 0) is 6.42 Å². The van der Waals surface area contributed by atoms with E-state index in [0.717, 1.165) is 13.0 Å². The number of terminal acetylenes is 1. The Hall–Kier alpha value is -0.970. The van der Waals surface area contributed by atoms with Crippen LogP contribution < -0.4 is 5.32 Å². The van der Waals surface area contributed by atoms with Gasteiger partial charge in [0.1, 0.15) is 5.92 Å². The van der Waals surface area contributed by atoms with Crippen molar-refractivity contribution in [3.05, 3.63) is 0 Å². The van der Waals surface area contributed by atoms with Crippen molar-refractivity contribution in [2.24, 2.45) is 5.92 Å². The van der Waals surface area contributed by atoms with Crippen LogP contribution in [0.15, 0.2) is 0 Å². The van der Waals surface area contributed by atoms with Crippen LogP contribution in [-0.2, 0) is 4.79 Å². The molecule has 1 heterocycles. The molecule has 2 nitrogen and oxygen atoms in total. The first-order chi connectivity index (χ1) is 3.84. The summed E-state index contributed by atoms with van der Waals surface area (Å²) in [6.45, 7) is 0.744. The molecule has 1 unspecified atom stereocenters. The second-order valence-electron chi connectivity index (χ2n) is 1.80. The number of carbonyl (C=O) groups excluding carboxylic acids is 1. The second kappa shape index (κ2) is 1.87. The maximum absolute atomic E-state index is 10.6. The molecule has 0 bridgehead atoms. The number of carbonyl (C=O) groups is 1. The van der Waals surface area contributed by atoms with Gasteiger partial charge in [0.2, 0.25) is 5.91 Å². The van der Waals surface area contributed by atoms with Crippen molar-refractivity contribution in [2.75, 3.05) is 6.54 Å². The number of nitrogens with one attached hydrogen (secondary N) is 1. The molecule has 42 valence electrons. The number of rotatable bonds is 0. The number of amides is 1. The Morgan fingerprint density at radius 1 is 1.88 bits per heavy atom. The van der Waals surface area contributed by atoms with E-state index in [1.165, 1.54) is 0 Å². The third kappa shape index (κ3) is 0.671. The molecule has 8 heavy (non-hydrogen) atoms. The van der Waals surface area contributed by atoms with E-state index in [1.807, 2.05) is 0 Å². The van der Waals surface area contributed by atoms with Crippen LogP contribution in [0.3, 0.4) is 0 Å². The highest BCUT2D eigenvalue weighted by atomic mass is 16.2. The van der Waals surface area contributed by atoms with Gasteiger partial charge in [0.15, 0.2) is 0 Å². The molecule has 0 aromatic heterocycles. The van der Waals surface area contributed by atoms with E-state index in [2.05, 4.69) is 11.2 Å².